The second-order valence-corrected chi connectivity index (χ2v) is 9.01. The molecule has 0 saturated carbocycles. The molecule has 2 atom stereocenters. The van der Waals surface area contributed by atoms with Crippen molar-refractivity contribution in [3.05, 3.63) is 48.8 Å². The summed E-state index contributed by atoms with van der Waals surface area (Å²) >= 11 is 10.3. The molecule has 9 heteroatoms. The van der Waals surface area contributed by atoms with Crippen LogP contribution in [0.4, 0.5) is 0 Å². The zero-order chi connectivity index (χ0) is 19.3. The van der Waals surface area contributed by atoms with Gasteiger partial charge in [-0.1, -0.05) is 0 Å². The molecule has 0 aliphatic carbocycles. The molecule has 5 heterocycles. The van der Waals surface area contributed by atoms with Gasteiger partial charge in [0.05, 0.1) is 13.4 Å². The van der Waals surface area contributed by atoms with Gasteiger partial charge in [-0.2, -0.15) is 0 Å². The van der Waals surface area contributed by atoms with Crippen molar-refractivity contribution in [2.75, 3.05) is 0 Å². The molecule has 0 unspecified atom stereocenters. The van der Waals surface area contributed by atoms with Crippen molar-refractivity contribution < 1.29 is 19.4 Å². The summed E-state index contributed by atoms with van der Waals surface area (Å²) in [7, 11) is 0. The van der Waals surface area contributed by atoms with E-state index in [2.05, 4.69) is 58.4 Å². The summed E-state index contributed by atoms with van der Waals surface area (Å²) < 4.78 is 7.71. The topological polar surface area (TPSA) is 87.7 Å². The molecule has 2 aromatic carbocycles. The van der Waals surface area contributed by atoms with Gasteiger partial charge >= 0.3 is 0 Å². The Hall–Kier alpha value is -1.58. The lowest BCUT2D eigenvalue weighted by Crippen LogP contribution is -2.62. The van der Waals surface area contributed by atoms with Crippen molar-refractivity contribution >= 4 is 59.6 Å². The highest BCUT2D eigenvalue weighted by Gasteiger charge is 2.34. The molecule has 1 fully saturated rings. The molecular formula is C18H13Br3N2O4. The van der Waals surface area contributed by atoms with E-state index in [-0.39, 0.29) is 29.7 Å². The van der Waals surface area contributed by atoms with Crippen LogP contribution in [0.15, 0.2) is 37.7 Å². The Kier molecular flexibility index (Phi) is 4.94. The molecule has 27 heavy (non-hydrogen) atoms. The molecule has 2 amide bonds. The van der Waals surface area contributed by atoms with Gasteiger partial charge < -0.3 is 20.5 Å². The quantitative estimate of drug-likeness (QED) is 0.460. The minimum absolute atomic E-state index is 0.0501. The smallest absolute Gasteiger partial charge is 0.243 e. The van der Waals surface area contributed by atoms with Crippen molar-refractivity contribution in [3.63, 3.8) is 0 Å². The number of halogens is 3. The number of piperazine rings is 1. The molecule has 1 saturated heterocycles. The van der Waals surface area contributed by atoms with Crippen LogP contribution in [0, 0.1) is 0 Å². The fourth-order valence-corrected chi connectivity index (χ4v) is 5.13. The SMILES string of the molecule is O=C1N[C@@H]2Cc3cc(Br)c(O)c(c3)Oc3c(Br)cc(cc3Br)C[C@H]1NC2=O. The van der Waals surface area contributed by atoms with E-state index in [0.29, 0.717) is 25.6 Å². The number of rotatable bonds is 0. The van der Waals surface area contributed by atoms with E-state index in [1.54, 1.807) is 12.1 Å². The van der Waals surface area contributed by atoms with Crippen LogP contribution in [0.1, 0.15) is 11.1 Å². The van der Waals surface area contributed by atoms with Crippen LogP contribution in [0.2, 0.25) is 0 Å². The van der Waals surface area contributed by atoms with Crippen molar-refractivity contribution in [1.82, 2.24) is 10.6 Å². The number of amides is 2. The third-order valence-corrected chi connectivity index (χ3v) is 6.29. The van der Waals surface area contributed by atoms with Crippen molar-refractivity contribution in [3.8, 4) is 17.2 Å². The first kappa shape index (κ1) is 18.8. The molecule has 140 valence electrons. The molecule has 0 aromatic heterocycles. The zero-order valence-electron chi connectivity index (χ0n) is 13.7. The maximum Gasteiger partial charge on any atom is 0.243 e. The van der Waals surface area contributed by atoms with E-state index in [1.165, 1.54) is 0 Å². The molecule has 6 bridgehead atoms. The van der Waals surface area contributed by atoms with Crippen LogP contribution in [0.5, 0.6) is 17.2 Å². The molecule has 5 aliphatic heterocycles. The lowest BCUT2D eigenvalue weighted by molar-refractivity contribution is -0.136. The lowest BCUT2D eigenvalue weighted by atomic mass is 9.98. The highest BCUT2D eigenvalue weighted by atomic mass is 79.9. The number of benzene rings is 2. The van der Waals surface area contributed by atoms with Crippen LogP contribution in [0.3, 0.4) is 0 Å². The minimum Gasteiger partial charge on any atom is -0.503 e. The third kappa shape index (κ3) is 3.60. The summed E-state index contributed by atoms with van der Waals surface area (Å²) in [6.45, 7) is 0. The van der Waals surface area contributed by atoms with Crippen LogP contribution in [-0.4, -0.2) is 29.0 Å². The maximum atomic E-state index is 12.5. The van der Waals surface area contributed by atoms with Gasteiger partial charge in [-0.25, -0.2) is 0 Å². The minimum atomic E-state index is -0.680. The number of ether oxygens (including phenoxy) is 1. The second-order valence-electron chi connectivity index (χ2n) is 6.45. The first-order valence-electron chi connectivity index (χ1n) is 8.09. The van der Waals surface area contributed by atoms with Crippen molar-refractivity contribution in [1.29, 1.82) is 0 Å². The summed E-state index contributed by atoms with van der Waals surface area (Å²) in [5.74, 6) is 0.242. The lowest BCUT2D eigenvalue weighted by Gasteiger charge is -2.30. The fourth-order valence-electron chi connectivity index (χ4n) is 3.20. The molecule has 5 aliphatic rings. The van der Waals surface area contributed by atoms with Gasteiger partial charge in [0.15, 0.2) is 17.2 Å². The molecule has 7 rings (SSSR count). The Bertz CT molecular complexity index is 956. The molecular weight excluding hydrogens is 548 g/mol. The van der Waals surface area contributed by atoms with E-state index >= 15 is 0 Å². The number of hydrogen-bond acceptors (Lipinski definition) is 4. The highest BCUT2D eigenvalue weighted by Crippen LogP contribution is 2.43. The first-order chi connectivity index (χ1) is 12.8. The molecule has 3 N–H and O–H groups in total. The zero-order valence-corrected chi connectivity index (χ0v) is 18.4. The first-order valence-corrected chi connectivity index (χ1v) is 10.5. The van der Waals surface area contributed by atoms with Gasteiger partial charge in [-0.3, -0.25) is 9.59 Å². The molecule has 0 radical (unpaired) electrons. The van der Waals surface area contributed by atoms with Crippen molar-refractivity contribution in [2.45, 2.75) is 24.9 Å². The summed E-state index contributed by atoms with van der Waals surface area (Å²) in [4.78, 5) is 25.0. The van der Waals surface area contributed by atoms with Gasteiger partial charge in [0.2, 0.25) is 11.8 Å². The average Bonchev–Trinajstić information content (AvgIpc) is 2.59. The Morgan fingerprint density at radius 1 is 0.852 bits per heavy atom. The monoisotopic (exact) mass is 558 g/mol. The normalized spacial score (nSPS) is 21.3. The van der Waals surface area contributed by atoms with E-state index in [1.807, 2.05) is 12.1 Å². The molecule has 2 aromatic rings. The predicted octanol–water partition coefficient (Wildman–Crippen LogP) is 3.55. The van der Waals surface area contributed by atoms with Gasteiger partial charge in [-0.05, 0) is 83.2 Å². The van der Waals surface area contributed by atoms with Gasteiger partial charge in [-0.15, -0.1) is 0 Å². The number of nitrogens with one attached hydrogen (secondary N) is 2. The highest BCUT2D eigenvalue weighted by molar-refractivity contribution is 9.11. The summed E-state index contributed by atoms with van der Waals surface area (Å²) in [5, 5.41) is 16.0. The largest absolute Gasteiger partial charge is 0.503 e. The number of carbonyl (C=O) groups is 2. The molecule has 6 nitrogen and oxygen atoms in total. The van der Waals surface area contributed by atoms with Gasteiger partial charge in [0.1, 0.15) is 12.1 Å². The summed E-state index contributed by atoms with van der Waals surface area (Å²) in [6.07, 6.45) is 0.628. The van der Waals surface area contributed by atoms with Crippen LogP contribution >= 0.6 is 47.8 Å². The summed E-state index contributed by atoms with van der Waals surface area (Å²) in [5.41, 5.74) is 1.57. The third-order valence-electron chi connectivity index (χ3n) is 4.50. The Morgan fingerprint density at radius 2 is 1.33 bits per heavy atom. The number of phenolic OH excluding ortho intramolecular Hbond substituents is 1. The second kappa shape index (κ2) is 7.10. The number of carbonyl (C=O) groups excluding carboxylic acids is 2. The number of hydrogen-bond donors (Lipinski definition) is 3. The Morgan fingerprint density at radius 3 is 1.89 bits per heavy atom. The Labute approximate surface area is 180 Å². The van der Waals surface area contributed by atoms with Gasteiger partial charge in [0.25, 0.3) is 0 Å². The van der Waals surface area contributed by atoms with E-state index in [4.69, 9.17) is 4.74 Å². The predicted molar refractivity (Wildman–Crippen MR) is 109 cm³/mol. The number of aromatic hydroxyl groups is 1. The van der Waals surface area contributed by atoms with Crippen LogP contribution in [-0.2, 0) is 22.4 Å². The standard InChI is InChI=1S/C18H13Br3N2O4/c19-9-1-8-5-13-18(26)22-12(17(25)23-13)4-7-2-10(20)16(11(21)3-7)27-14(6-8)15(9)24/h1-3,6,12-13,24H,4-5H2,(H,22,26)(H,23,25)/t12-,13-/m1/s1. The molecule has 0 spiro atoms. The van der Waals surface area contributed by atoms with Crippen molar-refractivity contribution in [2.24, 2.45) is 0 Å². The van der Waals surface area contributed by atoms with E-state index < -0.39 is 12.1 Å². The number of phenols is 1. The fraction of sp³-hybridized carbons (Fsp3) is 0.222. The van der Waals surface area contributed by atoms with Crippen LogP contribution in [0.25, 0.3) is 0 Å². The summed E-state index contributed by atoms with van der Waals surface area (Å²) in [6, 6.07) is 5.70. The average molecular weight is 561 g/mol. The van der Waals surface area contributed by atoms with Gasteiger partial charge in [0, 0.05) is 12.8 Å². The van der Waals surface area contributed by atoms with E-state index in [0.717, 1.165) is 11.1 Å². The van der Waals surface area contributed by atoms with Crippen LogP contribution < -0.4 is 15.4 Å². The Balaban J connectivity index is 1.90. The van der Waals surface area contributed by atoms with E-state index in [9.17, 15) is 14.7 Å². The maximum absolute atomic E-state index is 12.5.